The van der Waals surface area contributed by atoms with Crippen LogP contribution in [-0.2, 0) is 25.7 Å². The number of hydrogen-bond donors (Lipinski definition) is 4. The lowest BCUT2D eigenvalue weighted by molar-refractivity contribution is 0.0684. The van der Waals surface area contributed by atoms with Gasteiger partial charge in [-0.05, 0) is 170 Å². The number of carbonyl (C=O) groups is 2. The van der Waals surface area contributed by atoms with Gasteiger partial charge in [0.05, 0.1) is 11.1 Å². The lowest BCUT2D eigenvalue weighted by Gasteiger charge is -2.29. The molecule has 4 heterocycles. The molecule has 0 unspecified atom stereocenters. The zero-order chi connectivity index (χ0) is 45.3. The summed E-state index contributed by atoms with van der Waals surface area (Å²) in [5, 5.41) is 26.1. The molecule has 0 saturated heterocycles. The van der Waals surface area contributed by atoms with Crippen molar-refractivity contribution in [1.82, 2.24) is 20.6 Å². The maximum atomic E-state index is 11.5. The second-order valence-corrected chi connectivity index (χ2v) is 17.0. The number of carboxylic acid groups (broad SMARTS) is 2. The number of anilines is 6. The van der Waals surface area contributed by atoms with Gasteiger partial charge in [0.2, 0.25) is 0 Å². The molecule has 2 aliphatic rings. The highest BCUT2D eigenvalue weighted by Crippen LogP contribution is 2.35. The first-order valence-corrected chi connectivity index (χ1v) is 21.9. The molecule has 2 aromatic heterocycles. The Kier molecular flexibility index (Phi) is 14.6. The van der Waals surface area contributed by atoms with Crippen LogP contribution in [0.1, 0.15) is 79.0 Å². The molecule has 0 radical (unpaired) electrons. The molecule has 0 amide bonds. The van der Waals surface area contributed by atoms with Crippen LogP contribution < -0.4 is 30.2 Å². The van der Waals surface area contributed by atoms with E-state index in [2.05, 4.69) is 139 Å². The molecule has 4 aromatic carbocycles. The van der Waals surface area contributed by atoms with Crippen molar-refractivity contribution in [3.63, 3.8) is 0 Å². The third kappa shape index (κ3) is 10.7. The van der Waals surface area contributed by atoms with Gasteiger partial charge >= 0.3 is 11.9 Å². The van der Waals surface area contributed by atoms with Crippen molar-refractivity contribution < 1.29 is 19.8 Å². The first-order valence-electron chi connectivity index (χ1n) is 21.9. The minimum absolute atomic E-state index is 0.208. The van der Waals surface area contributed by atoms with Gasteiger partial charge in [0.25, 0.3) is 0 Å². The van der Waals surface area contributed by atoms with E-state index >= 15 is 0 Å². The van der Waals surface area contributed by atoms with Crippen LogP contribution in [0.15, 0.2) is 122 Å². The number of rotatable bonds is 14. The SMILES string of the molecule is CN(C)c1ccc(N(C)c2ccc3c(c2)CCN[C@@H]3CCc2cnccc2C(=O)O)cc1.CN(C)c1ccc(N(C)c2ccc3c(c2)CCN[C@H]3CCc2cnccc2C(=O)O)cc1. The highest BCUT2D eigenvalue weighted by molar-refractivity contribution is 5.89. The van der Waals surface area contributed by atoms with Gasteiger partial charge in [-0.2, -0.15) is 0 Å². The van der Waals surface area contributed by atoms with Crippen LogP contribution in [0.3, 0.4) is 0 Å². The molecule has 64 heavy (non-hydrogen) atoms. The Morgan fingerprint density at radius 2 is 0.891 bits per heavy atom. The van der Waals surface area contributed by atoms with Crippen molar-refractivity contribution >= 4 is 46.1 Å². The standard InChI is InChI=1S/2C26H30N4O2/c2*1-29(2)20-5-7-21(8-6-20)30(3)22-9-10-23-18(16-22)12-15-28-25(23)11-4-19-17-27-14-13-24(19)26(31)32/h2*5-10,13-14,16-17,25,28H,4,11-12,15H2,1-3H3,(H,31,32)/t2*25-/m10/s1. The predicted octanol–water partition coefficient (Wildman–Crippen LogP) is 8.87. The summed E-state index contributed by atoms with van der Waals surface area (Å²) in [7, 11) is 12.4. The number of aromatic nitrogens is 2. The monoisotopic (exact) mass is 860 g/mol. The van der Waals surface area contributed by atoms with E-state index in [1.807, 2.05) is 28.2 Å². The van der Waals surface area contributed by atoms with E-state index < -0.39 is 11.9 Å². The summed E-state index contributed by atoms with van der Waals surface area (Å²) in [4.78, 5) is 39.8. The highest BCUT2D eigenvalue weighted by Gasteiger charge is 2.23. The van der Waals surface area contributed by atoms with Gasteiger partial charge in [-0.15, -0.1) is 0 Å². The van der Waals surface area contributed by atoms with Crippen LogP contribution in [0.5, 0.6) is 0 Å². The topological polar surface area (TPSA) is 137 Å². The quantitative estimate of drug-likeness (QED) is 0.0833. The number of hydrogen-bond acceptors (Lipinski definition) is 10. The van der Waals surface area contributed by atoms with Crippen molar-refractivity contribution in [2.24, 2.45) is 0 Å². The predicted molar refractivity (Wildman–Crippen MR) is 258 cm³/mol. The minimum Gasteiger partial charge on any atom is -0.478 e. The molecule has 12 heteroatoms. The average Bonchev–Trinajstić information content (AvgIpc) is 3.32. The zero-order valence-electron chi connectivity index (χ0n) is 37.8. The molecule has 2 atom stereocenters. The summed E-state index contributed by atoms with van der Waals surface area (Å²) < 4.78 is 0. The fraction of sp³-hybridized carbons (Fsp3) is 0.308. The summed E-state index contributed by atoms with van der Waals surface area (Å²) in [5.74, 6) is -1.80. The molecule has 332 valence electrons. The number of nitrogens with zero attached hydrogens (tertiary/aromatic N) is 6. The first kappa shape index (κ1) is 45.3. The number of carboxylic acids is 2. The summed E-state index contributed by atoms with van der Waals surface area (Å²) in [6, 6.07) is 34.0. The van der Waals surface area contributed by atoms with Gasteiger partial charge < -0.3 is 40.4 Å². The summed E-state index contributed by atoms with van der Waals surface area (Å²) in [5.41, 5.74) is 14.6. The summed E-state index contributed by atoms with van der Waals surface area (Å²) in [6.07, 6.45) is 11.4. The van der Waals surface area contributed by atoms with Crippen LogP contribution in [0.25, 0.3) is 0 Å². The molecule has 12 nitrogen and oxygen atoms in total. The van der Waals surface area contributed by atoms with E-state index in [9.17, 15) is 19.8 Å². The maximum absolute atomic E-state index is 11.5. The Morgan fingerprint density at radius 3 is 1.25 bits per heavy atom. The van der Waals surface area contributed by atoms with Gasteiger partial charge in [-0.25, -0.2) is 9.59 Å². The lowest BCUT2D eigenvalue weighted by atomic mass is 9.89. The molecule has 0 bridgehead atoms. The second-order valence-electron chi connectivity index (χ2n) is 17.0. The highest BCUT2D eigenvalue weighted by atomic mass is 16.4. The molecule has 6 aromatic rings. The van der Waals surface area contributed by atoms with Crippen molar-refractivity contribution in [1.29, 1.82) is 0 Å². The van der Waals surface area contributed by atoms with E-state index in [1.165, 1.54) is 57.4 Å². The van der Waals surface area contributed by atoms with E-state index in [0.717, 1.165) is 61.3 Å². The van der Waals surface area contributed by atoms with Crippen LogP contribution >= 0.6 is 0 Å². The summed E-state index contributed by atoms with van der Waals surface area (Å²) >= 11 is 0. The van der Waals surface area contributed by atoms with E-state index in [4.69, 9.17) is 0 Å². The third-order valence-corrected chi connectivity index (χ3v) is 12.5. The van der Waals surface area contributed by atoms with Crippen molar-refractivity contribution in [2.75, 3.05) is 75.0 Å². The molecular formula is C52H60N8O4. The van der Waals surface area contributed by atoms with Gasteiger partial charge in [-0.3, -0.25) is 9.97 Å². The number of fused-ring (bicyclic) bond motifs is 2. The molecular weight excluding hydrogens is 801 g/mol. The molecule has 2 aliphatic heterocycles. The molecule has 4 N–H and O–H groups in total. The lowest BCUT2D eigenvalue weighted by Crippen LogP contribution is -2.30. The Morgan fingerprint density at radius 1 is 0.531 bits per heavy atom. The minimum atomic E-state index is -0.898. The van der Waals surface area contributed by atoms with Crippen molar-refractivity contribution in [2.45, 2.75) is 50.6 Å². The van der Waals surface area contributed by atoms with Crippen LogP contribution in [0.4, 0.5) is 34.1 Å². The van der Waals surface area contributed by atoms with Crippen LogP contribution in [-0.4, -0.2) is 87.5 Å². The van der Waals surface area contributed by atoms with Gasteiger partial charge in [-0.1, -0.05) is 12.1 Å². The molecule has 8 rings (SSSR count). The van der Waals surface area contributed by atoms with E-state index in [1.54, 1.807) is 24.5 Å². The van der Waals surface area contributed by atoms with E-state index in [0.29, 0.717) is 24.0 Å². The maximum Gasteiger partial charge on any atom is 0.336 e. The average molecular weight is 861 g/mol. The Bertz CT molecular complexity index is 2370. The molecule has 0 saturated carbocycles. The Balaban J connectivity index is 0.000000191. The normalized spacial score (nSPS) is 15.2. The molecule has 0 fully saturated rings. The Labute approximate surface area is 377 Å². The fourth-order valence-corrected chi connectivity index (χ4v) is 8.73. The number of aryl methyl sites for hydroxylation is 2. The van der Waals surface area contributed by atoms with Crippen molar-refractivity contribution in [3.8, 4) is 0 Å². The number of nitrogens with one attached hydrogen (secondary N) is 2. The van der Waals surface area contributed by atoms with Crippen molar-refractivity contribution in [3.05, 3.63) is 166 Å². The second kappa shape index (κ2) is 20.6. The van der Waals surface area contributed by atoms with Gasteiger partial charge in [0.1, 0.15) is 0 Å². The third-order valence-electron chi connectivity index (χ3n) is 12.5. The smallest absolute Gasteiger partial charge is 0.336 e. The van der Waals surface area contributed by atoms with Gasteiger partial charge in [0.15, 0.2) is 0 Å². The number of aromatic carboxylic acids is 2. The molecule has 0 aliphatic carbocycles. The van der Waals surface area contributed by atoms with E-state index in [-0.39, 0.29) is 12.1 Å². The van der Waals surface area contributed by atoms with Crippen LogP contribution in [0.2, 0.25) is 0 Å². The van der Waals surface area contributed by atoms with Gasteiger partial charge in [0, 0.05) is 113 Å². The van der Waals surface area contributed by atoms with Crippen LogP contribution in [0, 0.1) is 0 Å². The Hall–Kier alpha value is -6.76. The zero-order valence-corrected chi connectivity index (χ0v) is 37.8. The largest absolute Gasteiger partial charge is 0.478 e. The summed E-state index contributed by atoms with van der Waals surface area (Å²) in [6.45, 7) is 1.84. The number of pyridine rings is 2. The fourth-order valence-electron chi connectivity index (χ4n) is 8.73. The first-order chi connectivity index (χ1) is 30.9. The molecule has 0 spiro atoms. The number of benzene rings is 4.